The van der Waals surface area contributed by atoms with Crippen LogP contribution >= 0.6 is 0 Å². The van der Waals surface area contributed by atoms with Gasteiger partial charge in [0.1, 0.15) is 5.75 Å². The maximum Gasteiger partial charge on any atom is 0.311 e. The molecule has 2 rings (SSSR count). The van der Waals surface area contributed by atoms with Crippen LogP contribution in [0.15, 0.2) is 36.7 Å². The lowest BCUT2D eigenvalue weighted by Gasteiger charge is -2.06. The first kappa shape index (κ1) is 25.0. The van der Waals surface area contributed by atoms with E-state index in [0.717, 1.165) is 36.2 Å². The monoisotopic (exact) mass is 424 g/mol. The number of rotatable bonds is 16. The molecule has 0 spiro atoms. The Bertz CT molecular complexity index is 726. The van der Waals surface area contributed by atoms with Crippen molar-refractivity contribution in [3.63, 3.8) is 0 Å². The van der Waals surface area contributed by atoms with Crippen molar-refractivity contribution in [3.05, 3.63) is 42.4 Å². The molecule has 170 valence electrons. The van der Waals surface area contributed by atoms with Crippen molar-refractivity contribution >= 4 is 5.97 Å². The highest BCUT2D eigenvalue weighted by atomic mass is 16.5. The smallest absolute Gasteiger partial charge is 0.311 e. The van der Waals surface area contributed by atoms with Gasteiger partial charge in [0.15, 0.2) is 0 Å². The van der Waals surface area contributed by atoms with Gasteiger partial charge in [-0.15, -0.1) is 0 Å². The minimum absolute atomic E-state index is 0.146. The number of esters is 1. The van der Waals surface area contributed by atoms with Crippen molar-refractivity contribution < 1.29 is 9.53 Å². The molecule has 0 bridgehead atoms. The van der Waals surface area contributed by atoms with E-state index in [1.54, 1.807) is 12.4 Å². The van der Waals surface area contributed by atoms with E-state index in [1.807, 2.05) is 24.3 Å². The van der Waals surface area contributed by atoms with E-state index >= 15 is 0 Å². The maximum atomic E-state index is 12.1. The second-order valence-corrected chi connectivity index (χ2v) is 8.38. The lowest BCUT2D eigenvalue weighted by atomic mass is 10.0. The average molecular weight is 425 g/mol. The van der Waals surface area contributed by atoms with Crippen molar-refractivity contribution in [3.8, 4) is 17.0 Å². The molecule has 2 aromatic rings. The van der Waals surface area contributed by atoms with Crippen molar-refractivity contribution in [2.24, 2.45) is 0 Å². The zero-order chi connectivity index (χ0) is 22.2. The minimum atomic E-state index is -0.146. The number of ether oxygens (including phenoxy) is 1. The fraction of sp³-hybridized carbons (Fsp3) is 0.593. The highest BCUT2D eigenvalue weighted by Crippen LogP contribution is 2.21. The van der Waals surface area contributed by atoms with Crippen LogP contribution in [-0.2, 0) is 11.2 Å². The van der Waals surface area contributed by atoms with Crippen molar-refractivity contribution in [2.45, 2.75) is 104 Å². The number of hydrogen-bond donors (Lipinski definition) is 0. The molecule has 1 aromatic heterocycles. The number of benzene rings is 1. The molecule has 0 amide bonds. The van der Waals surface area contributed by atoms with Crippen LogP contribution in [0.25, 0.3) is 11.3 Å². The molecule has 4 heteroatoms. The normalized spacial score (nSPS) is 10.9. The van der Waals surface area contributed by atoms with Gasteiger partial charge in [-0.25, -0.2) is 0 Å². The molecule has 0 atom stereocenters. The molecule has 0 N–H and O–H groups in total. The zero-order valence-corrected chi connectivity index (χ0v) is 19.6. The largest absolute Gasteiger partial charge is 0.427 e. The summed E-state index contributed by atoms with van der Waals surface area (Å²) >= 11 is 0. The number of nitrogens with zero attached hydrogens (tertiary/aromatic N) is 2. The predicted molar refractivity (Wildman–Crippen MR) is 128 cm³/mol. The van der Waals surface area contributed by atoms with E-state index in [0.29, 0.717) is 12.2 Å². The molecule has 0 saturated carbocycles. The number of aromatic nitrogens is 2. The average Bonchev–Trinajstić information content (AvgIpc) is 2.80. The van der Waals surface area contributed by atoms with Gasteiger partial charge in [0, 0.05) is 18.2 Å². The van der Waals surface area contributed by atoms with Gasteiger partial charge in [-0.1, -0.05) is 84.5 Å². The zero-order valence-electron chi connectivity index (χ0n) is 19.6. The predicted octanol–water partition coefficient (Wildman–Crippen LogP) is 7.70. The van der Waals surface area contributed by atoms with E-state index in [9.17, 15) is 4.79 Å². The molecule has 0 aliphatic carbocycles. The van der Waals surface area contributed by atoms with Crippen molar-refractivity contribution in [2.75, 3.05) is 0 Å². The van der Waals surface area contributed by atoms with Gasteiger partial charge in [0.05, 0.1) is 17.6 Å². The number of carbonyl (C=O) groups excluding carboxylic acids is 1. The second kappa shape index (κ2) is 15.6. The SMILES string of the molecule is CCCCCCCCCCCCCCC(=O)Oc1ccc(-c2cnc(CC)cn2)cc1. The van der Waals surface area contributed by atoms with Crippen LogP contribution in [0, 0.1) is 0 Å². The minimum Gasteiger partial charge on any atom is -0.427 e. The number of aryl methyl sites for hydroxylation is 1. The molecular weight excluding hydrogens is 384 g/mol. The van der Waals surface area contributed by atoms with E-state index in [1.165, 1.54) is 64.2 Å². The Balaban J connectivity index is 1.53. The Morgan fingerprint density at radius 1 is 0.742 bits per heavy atom. The number of unbranched alkanes of at least 4 members (excludes halogenated alkanes) is 11. The summed E-state index contributed by atoms with van der Waals surface area (Å²) in [5.41, 5.74) is 2.77. The molecule has 4 nitrogen and oxygen atoms in total. The quantitative estimate of drug-likeness (QED) is 0.157. The molecule has 0 unspecified atom stereocenters. The first-order chi connectivity index (χ1) is 15.2. The van der Waals surface area contributed by atoms with Gasteiger partial charge in [-0.2, -0.15) is 0 Å². The first-order valence-corrected chi connectivity index (χ1v) is 12.3. The molecule has 0 aliphatic heterocycles. The third kappa shape index (κ3) is 10.6. The van der Waals surface area contributed by atoms with Crippen LogP contribution in [0.4, 0.5) is 0 Å². The van der Waals surface area contributed by atoms with Crippen LogP contribution in [0.1, 0.15) is 103 Å². The maximum absolute atomic E-state index is 12.1. The summed E-state index contributed by atoms with van der Waals surface area (Å²) in [6.07, 6.45) is 20.5. The van der Waals surface area contributed by atoms with Crippen molar-refractivity contribution in [1.82, 2.24) is 9.97 Å². The van der Waals surface area contributed by atoms with Gasteiger partial charge < -0.3 is 4.74 Å². The summed E-state index contributed by atoms with van der Waals surface area (Å²) in [7, 11) is 0. The Morgan fingerprint density at radius 2 is 1.32 bits per heavy atom. The number of hydrogen-bond acceptors (Lipinski definition) is 4. The lowest BCUT2D eigenvalue weighted by Crippen LogP contribution is -2.07. The summed E-state index contributed by atoms with van der Waals surface area (Å²) in [5, 5.41) is 0. The molecule has 0 saturated heterocycles. The third-order valence-electron chi connectivity index (χ3n) is 5.68. The topological polar surface area (TPSA) is 52.1 Å². The van der Waals surface area contributed by atoms with Gasteiger partial charge >= 0.3 is 5.97 Å². The van der Waals surface area contributed by atoms with Crippen LogP contribution < -0.4 is 4.74 Å². The van der Waals surface area contributed by atoms with E-state index in [-0.39, 0.29) is 5.97 Å². The Hall–Kier alpha value is -2.23. The van der Waals surface area contributed by atoms with E-state index in [2.05, 4.69) is 23.8 Å². The Morgan fingerprint density at radius 3 is 1.84 bits per heavy atom. The van der Waals surface area contributed by atoms with Gasteiger partial charge in [-0.3, -0.25) is 14.8 Å². The summed E-state index contributed by atoms with van der Waals surface area (Å²) in [4.78, 5) is 20.9. The molecule has 0 aliphatic rings. The molecule has 0 radical (unpaired) electrons. The third-order valence-corrected chi connectivity index (χ3v) is 5.68. The second-order valence-electron chi connectivity index (χ2n) is 8.38. The van der Waals surface area contributed by atoms with E-state index < -0.39 is 0 Å². The van der Waals surface area contributed by atoms with E-state index in [4.69, 9.17) is 4.74 Å². The highest BCUT2D eigenvalue weighted by Gasteiger charge is 2.06. The van der Waals surface area contributed by atoms with Crippen LogP contribution in [0.2, 0.25) is 0 Å². The Labute approximate surface area is 188 Å². The number of carbonyl (C=O) groups is 1. The molecule has 1 heterocycles. The fourth-order valence-electron chi connectivity index (χ4n) is 3.67. The van der Waals surface area contributed by atoms with Gasteiger partial charge in [-0.05, 0) is 37.1 Å². The summed E-state index contributed by atoms with van der Waals surface area (Å²) in [6.45, 7) is 4.32. The highest BCUT2D eigenvalue weighted by molar-refractivity contribution is 5.72. The summed E-state index contributed by atoms with van der Waals surface area (Å²) in [6, 6.07) is 7.49. The summed E-state index contributed by atoms with van der Waals surface area (Å²) in [5.74, 6) is 0.442. The Kier molecular flexibility index (Phi) is 12.6. The standard InChI is InChI=1S/C27H40N2O2/c1-3-5-6-7-8-9-10-11-12-13-14-15-16-27(30)31-25-19-17-23(18-20-25)26-22-28-24(4-2)21-29-26/h17-22H,3-16H2,1-2H3. The van der Waals surface area contributed by atoms with Crippen LogP contribution in [0.3, 0.4) is 0 Å². The first-order valence-electron chi connectivity index (χ1n) is 12.3. The van der Waals surface area contributed by atoms with Gasteiger partial charge in [0.2, 0.25) is 0 Å². The summed E-state index contributed by atoms with van der Waals surface area (Å²) < 4.78 is 5.47. The molecule has 0 fully saturated rings. The molecular formula is C27H40N2O2. The van der Waals surface area contributed by atoms with Crippen molar-refractivity contribution in [1.29, 1.82) is 0 Å². The molecule has 1 aromatic carbocycles. The van der Waals surface area contributed by atoms with Crippen LogP contribution in [0.5, 0.6) is 5.75 Å². The fourth-order valence-corrected chi connectivity index (χ4v) is 3.67. The van der Waals surface area contributed by atoms with Gasteiger partial charge in [0.25, 0.3) is 0 Å². The lowest BCUT2D eigenvalue weighted by molar-refractivity contribution is -0.134. The van der Waals surface area contributed by atoms with Crippen LogP contribution in [-0.4, -0.2) is 15.9 Å². The molecule has 31 heavy (non-hydrogen) atoms.